The third-order valence-electron chi connectivity index (χ3n) is 3.26. The Hall–Kier alpha value is -0.980. The molecule has 1 aliphatic rings. The minimum atomic E-state index is -0.472. The van der Waals surface area contributed by atoms with Crippen molar-refractivity contribution in [1.82, 2.24) is 4.90 Å². The third-order valence-corrected chi connectivity index (χ3v) is 3.90. The van der Waals surface area contributed by atoms with E-state index in [2.05, 4.69) is 15.9 Å². The fourth-order valence-corrected chi connectivity index (χ4v) is 2.59. The minimum absolute atomic E-state index is 0.244. The van der Waals surface area contributed by atoms with Crippen molar-refractivity contribution in [3.8, 4) is 0 Å². The van der Waals surface area contributed by atoms with E-state index < -0.39 is 11.9 Å². The lowest BCUT2D eigenvalue weighted by Gasteiger charge is -2.37. The summed E-state index contributed by atoms with van der Waals surface area (Å²) in [6, 6.07) is 4.47. The summed E-state index contributed by atoms with van der Waals surface area (Å²) in [6.45, 7) is 3.45. The number of primary amides is 1. The van der Waals surface area contributed by atoms with Crippen molar-refractivity contribution in [3.63, 3.8) is 0 Å². The number of nitrogens with two attached hydrogens (primary N) is 1. The molecule has 1 aromatic carbocycles. The Morgan fingerprint density at radius 3 is 3.00 bits per heavy atom. The highest BCUT2D eigenvalue weighted by atomic mass is 79.9. The SMILES string of the molecule is C[C@H]1OCCN(Cc2ccc(Br)c(F)c2)[C@@H]1C(N)=O. The molecule has 1 aliphatic heterocycles. The zero-order valence-corrected chi connectivity index (χ0v) is 12.2. The van der Waals surface area contributed by atoms with Crippen molar-refractivity contribution in [1.29, 1.82) is 0 Å². The fourth-order valence-electron chi connectivity index (χ4n) is 2.34. The summed E-state index contributed by atoms with van der Waals surface area (Å²) < 4.78 is 19.4. The number of halogens is 2. The number of nitrogens with zero attached hydrogens (tertiary/aromatic N) is 1. The number of rotatable bonds is 3. The summed E-state index contributed by atoms with van der Waals surface area (Å²) >= 11 is 3.12. The molecule has 4 nitrogen and oxygen atoms in total. The summed E-state index contributed by atoms with van der Waals surface area (Å²) in [5.41, 5.74) is 6.22. The largest absolute Gasteiger partial charge is 0.375 e. The van der Waals surface area contributed by atoms with Crippen LogP contribution in [0.1, 0.15) is 12.5 Å². The van der Waals surface area contributed by atoms with Gasteiger partial charge < -0.3 is 10.5 Å². The highest BCUT2D eigenvalue weighted by Crippen LogP contribution is 2.20. The van der Waals surface area contributed by atoms with E-state index in [1.54, 1.807) is 6.07 Å². The van der Waals surface area contributed by atoms with Crippen molar-refractivity contribution < 1.29 is 13.9 Å². The van der Waals surface area contributed by atoms with E-state index in [1.165, 1.54) is 6.07 Å². The maximum atomic E-state index is 13.5. The van der Waals surface area contributed by atoms with Crippen LogP contribution in [-0.4, -0.2) is 36.1 Å². The third kappa shape index (κ3) is 3.32. The normalized spacial score (nSPS) is 24.4. The molecule has 0 aromatic heterocycles. The molecule has 2 N–H and O–H groups in total. The Morgan fingerprint density at radius 1 is 1.63 bits per heavy atom. The number of hydrogen-bond acceptors (Lipinski definition) is 3. The van der Waals surface area contributed by atoms with Gasteiger partial charge in [-0.15, -0.1) is 0 Å². The Bertz CT molecular complexity index is 484. The van der Waals surface area contributed by atoms with E-state index in [0.29, 0.717) is 24.2 Å². The van der Waals surface area contributed by atoms with E-state index in [-0.39, 0.29) is 11.9 Å². The average molecular weight is 331 g/mol. The number of hydrogen-bond donors (Lipinski definition) is 1. The van der Waals surface area contributed by atoms with Crippen LogP contribution in [0.2, 0.25) is 0 Å². The smallest absolute Gasteiger partial charge is 0.237 e. The zero-order chi connectivity index (χ0) is 14.0. The molecule has 1 aromatic rings. The lowest BCUT2D eigenvalue weighted by molar-refractivity contribution is -0.136. The predicted molar refractivity (Wildman–Crippen MR) is 72.9 cm³/mol. The standard InChI is InChI=1S/C13H16BrFN2O2/c1-8-12(13(16)18)17(4-5-19-8)7-9-2-3-10(14)11(15)6-9/h2-3,6,8,12H,4-5,7H2,1H3,(H2,16,18)/t8-,12+/m1/s1. The zero-order valence-electron chi connectivity index (χ0n) is 10.6. The van der Waals surface area contributed by atoms with Gasteiger partial charge in [-0.1, -0.05) is 6.07 Å². The summed E-state index contributed by atoms with van der Waals surface area (Å²) in [5.74, 6) is -0.723. The molecule has 0 saturated carbocycles. The van der Waals surface area contributed by atoms with Crippen LogP contribution in [0.25, 0.3) is 0 Å². The monoisotopic (exact) mass is 330 g/mol. The van der Waals surface area contributed by atoms with E-state index >= 15 is 0 Å². The summed E-state index contributed by atoms with van der Waals surface area (Å²) in [4.78, 5) is 13.4. The number of ether oxygens (including phenoxy) is 1. The Labute approximate surface area is 119 Å². The van der Waals surface area contributed by atoms with Gasteiger partial charge in [0.25, 0.3) is 0 Å². The molecular weight excluding hydrogens is 315 g/mol. The highest BCUT2D eigenvalue weighted by molar-refractivity contribution is 9.10. The van der Waals surface area contributed by atoms with Crippen LogP contribution in [0.4, 0.5) is 4.39 Å². The van der Waals surface area contributed by atoms with Gasteiger partial charge in [-0.25, -0.2) is 4.39 Å². The van der Waals surface area contributed by atoms with Crippen LogP contribution in [0.3, 0.4) is 0 Å². The van der Waals surface area contributed by atoms with Crippen molar-refractivity contribution in [2.45, 2.75) is 25.6 Å². The van der Waals surface area contributed by atoms with Gasteiger partial charge in [-0.3, -0.25) is 9.69 Å². The molecule has 19 heavy (non-hydrogen) atoms. The van der Waals surface area contributed by atoms with Crippen LogP contribution >= 0.6 is 15.9 Å². The van der Waals surface area contributed by atoms with E-state index in [0.717, 1.165) is 5.56 Å². The van der Waals surface area contributed by atoms with Crippen LogP contribution in [0, 0.1) is 5.82 Å². The summed E-state index contributed by atoms with van der Waals surface area (Å²) in [5, 5.41) is 0. The first kappa shape index (κ1) is 14.4. The molecule has 104 valence electrons. The van der Waals surface area contributed by atoms with Crippen molar-refractivity contribution >= 4 is 21.8 Å². The second-order valence-corrected chi connectivity index (χ2v) is 5.50. The molecule has 0 aliphatic carbocycles. The number of benzene rings is 1. The van der Waals surface area contributed by atoms with E-state index in [9.17, 15) is 9.18 Å². The molecule has 0 bridgehead atoms. The van der Waals surface area contributed by atoms with Crippen LogP contribution < -0.4 is 5.73 Å². The Balaban J connectivity index is 2.15. The highest BCUT2D eigenvalue weighted by Gasteiger charge is 2.33. The number of carbonyl (C=O) groups is 1. The first-order valence-corrected chi connectivity index (χ1v) is 6.87. The molecule has 2 atom stereocenters. The molecule has 0 unspecified atom stereocenters. The molecule has 0 spiro atoms. The molecule has 1 heterocycles. The van der Waals surface area contributed by atoms with Crippen molar-refractivity contribution in [2.24, 2.45) is 5.73 Å². The summed E-state index contributed by atoms with van der Waals surface area (Å²) in [7, 11) is 0. The molecule has 2 rings (SSSR count). The predicted octanol–water partition coefficient (Wildman–Crippen LogP) is 1.66. The van der Waals surface area contributed by atoms with E-state index in [1.807, 2.05) is 17.9 Å². The Morgan fingerprint density at radius 2 is 2.37 bits per heavy atom. The number of carbonyl (C=O) groups excluding carboxylic acids is 1. The molecule has 0 radical (unpaired) electrons. The van der Waals surface area contributed by atoms with Gasteiger partial charge in [0.05, 0.1) is 17.2 Å². The first-order valence-electron chi connectivity index (χ1n) is 6.08. The molecule has 1 saturated heterocycles. The van der Waals surface area contributed by atoms with E-state index in [4.69, 9.17) is 10.5 Å². The lowest BCUT2D eigenvalue weighted by Crippen LogP contribution is -2.56. The van der Waals surface area contributed by atoms with Gasteiger partial charge in [0.15, 0.2) is 0 Å². The molecular formula is C13H16BrFN2O2. The quantitative estimate of drug-likeness (QED) is 0.917. The van der Waals surface area contributed by atoms with Gasteiger partial charge in [-0.2, -0.15) is 0 Å². The molecule has 1 fully saturated rings. The molecule has 6 heteroatoms. The second-order valence-electron chi connectivity index (χ2n) is 4.64. The lowest BCUT2D eigenvalue weighted by atomic mass is 10.1. The van der Waals surface area contributed by atoms with Crippen LogP contribution in [-0.2, 0) is 16.1 Å². The average Bonchev–Trinajstić information content (AvgIpc) is 2.33. The van der Waals surface area contributed by atoms with Gasteiger partial charge in [0.2, 0.25) is 5.91 Å². The van der Waals surface area contributed by atoms with Crippen LogP contribution in [0.15, 0.2) is 22.7 Å². The van der Waals surface area contributed by atoms with Gasteiger partial charge in [0.1, 0.15) is 11.9 Å². The number of amides is 1. The fraction of sp³-hybridized carbons (Fsp3) is 0.462. The van der Waals surface area contributed by atoms with Crippen LogP contribution in [0.5, 0.6) is 0 Å². The Kier molecular flexibility index (Phi) is 4.54. The minimum Gasteiger partial charge on any atom is -0.375 e. The van der Waals surface area contributed by atoms with Crippen molar-refractivity contribution in [3.05, 3.63) is 34.1 Å². The topological polar surface area (TPSA) is 55.6 Å². The van der Waals surface area contributed by atoms with Gasteiger partial charge >= 0.3 is 0 Å². The van der Waals surface area contributed by atoms with Gasteiger partial charge in [-0.05, 0) is 40.5 Å². The maximum absolute atomic E-state index is 13.5. The first-order chi connectivity index (χ1) is 8.99. The second kappa shape index (κ2) is 5.98. The molecule has 1 amide bonds. The van der Waals surface area contributed by atoms with Crippen molar-refractivity contribution in [2.75, 3.05) is 13.2 Å². The van der Waals surface area contributed by atoms with Gasteiger partial charge in [0, 0.05) is 13.1 Å². The number of morpholine rings is 1. The summed E-state index contributed by atoms with van der Waals surface area (Å²) in [6.07, 6.45) is -0.244. The maximum Gasteiger partial charge on any atom is 0.237 e.